The molecule has 0 saturated heterocycles. The summed E-state index contributed by atoms with van der Waals surface area (Å²) in [6, 6.07) is 6.00. The van der Waals surface area contributed by atoms with Crippen molar-refractivity contribution in [2.24, 2.45) is 5.41 Å². The molecule has 0 bridgehead atoms. The first-order valence-electron chi connectivity index (χ1n) is 6.09. The van der Waals surface area contributed by atoms with Gasteiger partial charge in [0, 0.05) is 5.69 Å². The fourth-order valence-electron chi connectivity index (χ4n) is 2.10. The van der Waals surface area contributed by atoms with Gasteiger partial charge >= 0.3 is 0 Å². The van der Waals surface area contributed by atoms with E-state index in [-0.39, 0.29) is 5.91 Å². The Labute approximate surface area is 118 Å². The number of amides is 1. The van der Waals surface area contributed by atoms with Crippen LogP contribution >= 0.6 is 23.2 Å². The molecule has 1 aliphatic carbocycles. The van der Waals surface area contributed by atoms with Crippen molar-refractivity contribution in [3.63, 3.8) is 0 Å². The number of halogens is 2. The Bertz CT molecular complexity index is 499. The molecule has 1 amide bonds. The molecule has 0 radical (unpaired) electrons. The minimum Gasteiger partial charge on any atom is -0.325 e. The van der Waals surface area contributed by atoms with Gasteiger partial charge in [-0.1, -0.05) is 25.1 Å². The molecule has 1 fully saturated rings. The quantitative estimate of drug-likeness (QED) is 0.833. The van der Waals surface area contributed by atoms with Crippen LogP contribution in [-0.2, 0) is 11.2 Å². The minimum absolute atomic E-state index is 0.100. The topological polar surface area (TPSA) is 29.1 Å². The predicted octanol–water partition coefficient (Wildman–Crippen LogP) is 4.08. The average molecular weight is 286 g/mol. The van der Waals surface area contributed by atoms with E-state index in [1.54, 1.807) is 6.92 Å². The van der Waals surface area contributed by atoms with Crippen LogP contribution in [0, 0.1) is 12.3 Å². The summed E-state index contributed by atoms with van der Waals surface area (Å²) in [7, 11) is 0. The molecule has 1 aromatic carbocycles. The zero-order chi connectivity index (χ0) is 13.6. The van der Waals surface area contributed by atoms with Gasteiger partial charge in [-0.05, 0) is 37.8 Å². The summed E-state index contributed by atoms with van der Waals surface area (Å²) in [5, 5.41) is 2.98. The number of anilines is 1. The molecule has 2 rings (SSSR count). The zero-order valence-electron chi connectivity index (χ0n) is 10.8. The van der Waals surface area contributed by atoms with E-state index in [2.05, 4.69) is 12.2 Å². The molecule has 18 heavy (non-hydrogen) atoms. The largest absolute Gasteiger partial charge is 0.325 e. The highest BCUT2D eigenvalue weighted by molar-refractivity contribution is 6.53. The Morgan fingerprint density at radius 3 is 2.56 bits per heavy atom. The molecule has 1 unspecified atom stereocenters. The second kappa shape index (κ2) is 4.43. The molecule has 1 saturated carbocycles. The van der Waals surface area contributed by atoms with Gasteiger partial charge in [-0.3, -0.25) is 4.79 Å². The summed E-state index contributed by atoms with van der Waals surface area (Å²) in [6.07, 6.45) is 1.38. The van der Waals surface area contributed by atoms with Crippen LogP contribution in [-0.4, -0.2) is 10.2 Å². The summed E-state index contributed by atoms with van der Waals surface area (Å²) in [5.74, 6) is -0.100. The molecule has 1 N–H and O–H groups in total. The van der Waals surface area contributed by atoms with Gasteiger partial charge in [0.15, 0.2) is 0 Å². The lowest BCUT2D eigenvalue weighted by Crippen LogP contribution is -2.26. The van der Waals surface area contributed by atoms with Crippen molar-refractivity contribution in [3.05, 3.63) is 29.3 Å². The van der Waals surface area contributed by atoms with E-state index in [1.807, 2.05) is 25.1 Å². The summed E-state index contributed by atoms with van der Waals surface area (Å²) in [5.41, 5.74) is 2.40. The van der Waals surface area contributed by atoms with E-state index in [9.17, 15) is 4.79 Å². The highest BCUT2D eigenvalue weighted by Crippen LogP contribution is 2.64. The molecule has 1 aliphatic rings. The van der Waals surface area contributed by atoms with Crippen LogP contribution in [0.25, 0.3) is 0 Å². The van der Waals surface area contributed by atoms with E-state index in [1.165, 1.54) is 0 Å². The lowest BCUT2D eigenvalue weighted by molar-refractivity contribution is -0.120. The number of hydrogen-bond acceptors (Lipinski definition) is 1. The van der Waals surface area contributed by atoms with Crippen LogP contribution in [0.3, 0.4) is 0 Å². The Kier molecular flexibility index (Phi) is 3.37. The number of hydrogen-bond donors (Lipinski definition) is 1. The first-order chi connectivity index (χ1) is 8.32. The highest BCUT2D eigenvalue weighted by Gasteiger charge is 2.67. The van der Waals surface area contributed by atoms with Crippen molar-refractivity contribution in [1.29, 1.82) is 0 Å². The third-order valence-corrected chi connectivity index (χ3v) is 4.84. The average Bonchev–Trinajstić information content (AvgIpc) is 2.82. The molecule has 98 valence electrons. The Balaban J connectivity index is 2.23. The second-order valence-electron chi connectivity index (χ2n) is 5.13. The molecule has 1 aromatic rings. The van der Waals surface area contributed by atoms with Gasteiger partial charge in [-0.15, -0.1) is 23.2 Å². The Hall–Kier alpha value is -0.730. The van der Waals surface area contributed by atoms with E-state index in [0.29, 0.717) is 6.42 Å². The SMILES string of the molecule is CCc1cccc(C)c1NC(=O)C1(C)CC1(Cl)Cl. The molecule has 2 nitrogen and oxygen atoms in total. The van der Waals surface area contributed by atoms with Crippen LogP contribution in [0.5, 0.6) is 0 Å². The summed E-state index contributed by atoms with van der Waals surface area (Å²) in [6.45, 7) is 5.85. The summed E-state index contributed by atoms with van der Waals surface area (Å²) >= 11 is 12.1. The van der Waals surface area contributed by atoms with Gasteiger partial charge in [0.1, 0.15) is 4.33 Å². The molecular formula is C14H17Cl2NO. The van der Waals surface area contributed by atoms with Crippen molar-refractivity contribution in [2.45, 2.75) is 37.9 Å². The van der Waals surface area contributed by atoms with Gasteiger partial charge in [0.25, 0.3) is 0 Å². The minimum atomic E-state index is -0.924. The smallest absolute Gasteiger partial charge is 0.233 e. The van der Waals surface area contributed by atoms with Gasteiger partial charge in [0.2, 0.25) is 5.91 Å². The number of carbonyl (C=O) groups is 1. The Morgan fingerprint density at radius 2 is 2.06 bits per heavy atom. The molecule has 4 heteroatoms. The third-order valence-electron chi connectivity index (χ3n) is 3.74. The maximum Gasteiger partial charge on any atom is 0.233 e. The lowest BCUT2D eigenvalue weighted by Gasteiger charge is -2.17. The van der Waals surface area contributed by atoms with Gasteiger partial charge < -0.3 is 5.32 Å². The van der Waals surface area contributed by atoms with E-state index >= 15 is 0 Å². The Morgan fingerprint density at radius 1 is 1.44 bits per heavy atom. The molecule has 0 aliphatic heterocycles. The fourth-order valence-corrected chi connectivity index (χ4v) is 2.81. The number of carbonyl (C=O) groups excluding carboxylic acids is 1. The monoisotopic (exact) mass is 285 g/mol. The van der Waals surface area contributed by atoms with Crippen LogP contribution in [0.2, 0.25) is 0 Å². The van der Waals surface area contributed by atoms with E-state index in [4.69, 9.17) is 23.2 Å². The van der Waals surface area contributed by atoms with Gasteiger partial charge in [-0.25, -0.2) is 0 Å². The van der Waals surface area contributed by atoms with Crippen molar-refractivity contribution < 1.29 is 4.79 Å². The van der Waals surface area contributed by atoms with E-state index in [0.717, 1.165) is 23.2 Å². The van der Waals surface area contributed by atoms with Crippen molar-refractivity contribution >= 4 is 34.8 Å². The third kappa shape index (κ3) is 2.12. The molecule has 1 atom stereocenters. The zero-order valence-corrected chi connectivity index (χ0v) is 12.3. The molecular weight excluding hydrogens is 269 g/mol. The summed E-state index contributed by atoms with van der Waals surface area (Å²) < 4.78 is -0.924. The van der Waals surface area contributed by atoms with Crippen molar-refractivity contribution in [3.8, 4) is 0 Å². The van der Waals surface area contributed by atoms with Crippen LogP contribution in [0.4, 0.5) is 5.69 Å². The highest BCUT2D eigenvalue weighted by atomic mass is 35.5. The number of alkyl halides is 2. The number of aryl methyl sites for hydroxylation is 2. The summed E-state index contributed by atoms with van der Waals surface area (Å²) in [4.78, 5) is 12.3. The van der Waals surface area contributed by atoms with Gasteiger partial charge in [-0.2, -0.15) is 0 Å². The van der Waals surface area contributed by atoms with Gasteiger partial charge in [0.05, 0.1) is 5.41 Å². The van der Waals surface area contributed by atoms with E-state index < -0.39 is 9.75 Å². The van der Waals surface area contributed by atoms with Crippen molar-refractivity contribution in [2.75, 3.05) is 5.32 Å². The molecule has 0 spiro atoms. The normalized spacial score (nSPS) is 24.7. The number of para-hydroxylation sites is 1. The van der Waals surface area contributed by atoms with Crippen LogP contribution in [0.15, 0.2) is 18.2 Å². The van der Waals surface area contributed by atoms with Crippen molar-refractivity contribution in [1.82, 2.24) is 0 Å². The van der Waals surface area contributed by atoms with Crippen LogP contribution < -0.4 is 5.32 Å². The first-order valence-corrected chi connectivity index (χ1v) is 6.85. The number of nitrogens with one attached hydrogen (secondary N) is 1. The maximum absolute atomic E-state index is 12.3. The van der Waals surface area contributed by atoms with Crippen LogP contribution in [0.1, 0.15) is 31.4 Å². The molecule has 0 heterocycles. The maximum atomic E-state index is 12.3. The number of rotatable bonds is 3. The standard InChI is InChI=1S/C14H17Cl2NO/c1-4-10-7-5-6-9(2)11(10)17-12(18)13(3)8-14(13,15)16/h5-7H,4,8H2,1-3H3,(H,17,18). The predicted molar refractivity (Wildman–Crippen MR) is 76.3 cm³/mol. The lowest BCUT2D eigenvalue weighted by atomic mass is 10.0. The second-order valence-corrected chi connectivity index (χ2v) is 6.61. The fraction of sp³-hybridized carbons (Fsp3) is 0.500. The number of benzene rings is 1. The molecule has 0 aromatic heterocycles. The first kappa shape index (κ1) is 13.7.